The van der Waals surface area contributed by atoms with Crippen LogP contribution in [0.3, 0.4) is 0 Å². The largest absolute Gasteiger partial charge is 0.326 e. The predicted molar refractivity (Wildman–Crippen MR) is 86.9 cm³/mol. The average Bonchev–Trinajstić information content (AvgIpc) is 2.81. The van der Waals surface area contributed by atoms with Crippen LogP contribution in [0.2, 0.25) is 0 Å². The van der Waals surface area contributed by atoms with E-state index in [4.69, 9.17) is 5.73 Å². The summed E-state index contributed by atoms with van der Waals surface area (Å²) < 4.78 is 27.8. The monoisotopic (exact) mass is 324 g/mol. The van der Waals surface area contributed by atoms with E-state index in [0.29, 0.717) is 11.4 Å². The lowest BCUT2D eigenvalue weighted by Crippen LogP contribution is -2.27. The minimum atomic E-state index is -3.54. The molecule has 0 aliphatic carbocycles. The van der Waals surface area contributed by atoms with Crippen LogP contribution < -0.4 is 10.5 Å². The van der Waals surface area contributed by atoms with Crippen LogP contribution in [0, 0.1) is 13.8 Å². The Labute approximate surface area is 130 Å². The van der Waals surface area contributed by atoms with Crippen molar-refractivity contribution in [3.63, 3.8) is 0 Å². The normalized spacial score (nSPS) is 13.3. The maximum Gasteiger partial charge on any atom is 0.242 e. The molecule has 0 radical (unpaired) electrons. The summed E-state index contributed by atoms with van der Waals surface area (Å²) in [6, 6.07) is 9.15. The minimum Gasteiger partial charge on any atom is -0.326 e. The molecule has 3 N–H and O–H groups in total. The van der Waals surface area contributed by atoms with Crippen LogP contribution in [-0.4, -0.2) is 8.42 Å². The zero-order valence-electron chi connectivity index (χ0n) is 12.4. The Bertz CT molecular complexity index is 736. The molecule has 6 heteroatoms. The highest BCUT2D eigenvalue weighted by Gasteiger charge is 2.22. The number of nitrogens with two attached hydrogens (primary N) is 1. The van der Waals surface area contributed by atoms with Gasteiger partial charge in [-0.1, -0.05) is 24.3 Å². The van der Waals surface area contributed by atoms with Gasteiger partial charge in [0.1, 0.15) is 0 Å². The number of sulfonamides is 1. The molecule has 21 heavy (non-hydrogen) atoms. The Hall–Kier alpha value is -1.21. The minimum absolute atomic E-state index is 0.281. The fraction of sp³-hybridized carbons (Fsp3) is 0.333. The first-order chi connectivity index (χ1) is 9.85. The zero-order chi connectivity index (χ0) is 15.6. The van der Waals surface area contributed by atoms with Gasteiger partial charge in [-0.25, -0.2) is 13.1 Å². The van der Waals surface area contributed by atoms with Crippen molar-refractivity contribution in [2.45, 2.75) is 38.3 Å². The van der Waals surface area contributed by atoms with E-state index < -0.39 is 10.0 Å². The maximum atomic E-state index is 12.5. The summed E-state index contributed by atoms with van der Waals surface area (Å²) in [5.41, 5.74) is 7.63. The van der Waals surface area contributed by atoms with E-state index in [-0.39, 0.29) is 6.04 Å². The molecule has 0 fully saturated rings. The van der Waals surface area contributed by atoms with E-state index >= 15 is 0 Å². The fourth-order valence-corrected chi connectivity index (χ4v) is 5.06. The molecule has 1 atom stereocenters. The Morgan fingerprint density at radius 2 is 1.95 bits per heavy atom. The number of thiophene rings is 1. The van der Waals surface area contributed by atoms with Crippen molar-refractivity contribution in [3.8, 4) is 0 Å². The first-order valence-corrected chi connectivity index (χ1v) is 9.02. The van der Waals surface area contributed by atoms with E-state index in [2.05, 4.69) is 4.72 Å². The van der Waals surface area contributed by atoms with Crippen LogP contribution in [0.4, 0.5) is 0 Å². The molecule has 0 saturated carbocycles. The van der Waals surface area contributed by atoms with Gasteiger partial charge in [0.05, 0.1) is 4.90 Å². The Morgan fingerprint density at radius 3 is 2.52 bits per heavy atom. The van der Waals surface area contributed by atoms with E-state index in [1.54, 1.807) is 13.0 Å². The molecule has 2 aromatic rings. The van der Waals surface area contributed by atoms with Crippen molar-refractivity contribution in [3.05, 3.63) is 51.2 Å². The molecule has 0 saturated heterocycles. The smallest absolute Gasteiger partial charge is 0.242 e. The van der Waals surface area contributed by atoms with Crippen molar-refractivity contribution >= 4 is 21.4 Å². The first kappa shape index (κ1) is 16.2. The van der Waals surface area contributed by atoms with Gasteiger partial charge in [-0.3, -0.25) is 0 Å². The third-order valence-corrected chi connectivity index (χ3v) is 6.27. The van der Waals surface area contributed by atoms with Crippen LogP contribution >= 0.6 is 11.3 Å². The Morgan fingerprint density at radius 1 is 1.29 bits per heavy atom. The SMILES string of the molecule is Cc1ccccc1C(C)NS(=O)(=O)c1cc(CN)sc1C. The van der Waals surface area contributed by atoms with Crippen LogP contribution in [0.15, 0.2) is 35.2 Å². The lowest BCUT2D eigenvalue weighted by molar-refractivity contribution is 0.566. The predicted octanol–water partition coefficient (Wildman–Crippen LogP) is 2.86. The van der Waals surface area contributed by atoms with Crippen LogP contribution in [0.1, 0.15) is 33.8 Å². The molecular weight excluding hydrogens is 304 g/mol. The first-order valence-electron chi connectivity index (χ1n) is 6.72. The fourth-order valence-electron chi connectivity index (χ4n) is 2.32. The van der Waals surface area contributed by atoms with Gasteiger partial charge in [0.2, 0.25) is 10.0 Å². The molecule has 0 amide bonds. The van der Waals surface area contributed by atoms with Gasteiger partial charge in [-0.05, 0) is 38.0 Å². The number of aryl methyl sites for hydroxylation is 2. The van der Waals surface area contributed by atoms with Gasteiger partial charge in [0.15, 0.2) is 0 Å². The van der Waals surface area contributed by atoms with E-state index in [0.717, 1.165) is 20.9 Å². The third-order valence-electron chi connectivity index (χ3n) is 3.40. The van der Waals surface area contributed by atoms with E-state index in [1.165, 1.54) is 11.3 Å². The maximum absolute atomic E-state index is 12.5. The molecule has 4 nitrogen and oxygen atoms in total. The summed E-state index contributed by atoms with van der Waals surface area (Å²) in [5.74, 6) is 0. The molecule has 0 aliphatic heterocycles. The topological polar surface area (TPSA) is 72.2 Å². The second-order valence-electron chi connectivity index (χ2n) is 5.04. The standard InChI is InChI=1S/C15H20N2O2S2/c1-10-6-4-5-7-14(10)11(2)17-21(18,19)15-8-13(9-16)20-12(15)3/h4-8,11,17H,9,16H2,1-3H3. The molecule has 1 unspecified atom stereocenters. The molecule has 2 rings (SSSR count). The van der Waals surface area contributed by atoms with Gasteiger partial charge in [-0.2, -0.15) is 0 Å². The van der Waals surface area contributed by atoms with Gasteiger partial charge in [0, 0.05) is 22.3 Å². The number of benzene rings is 1. The van der Waals surface area contributed by atoms with Crippen LogP contribution in [0.5, 0.6) is 0 Å². The van der Waals surface area contributed by atoms with Gasteiger partial charge in [-0.15, -0.1) is 11.3 Å². The average molecular weight is 324 g/mol. The Kier molecular flexibility index (Phi) is 4.83. The highest BCUT2D eigenvalue weighted by molar-refractivity contribution is 7.89. The van der Waals surface area contributed by atoms with Crippen molar-refractivity contribution < 1.29 is 8.42 Å². The summed E-state index contributed by atoms with van der Waals surface area (Å²) in [6.07, 6.45) is 0. The van der Waals surface area contributed by atoms with Crippen LogP contribution in [-0.2, 0) is 16.6 Å². The molecule has 0 spiro atoms. The third kappa shape index (κ3) is 3.52. The molecule has 1 heterocycles. The van der Waals surface area contributed by atoms with E-state index in [1.807, 2.05) is 38.1 Å². The Balaban J connectivity index is 2.29. The van der Waals surface area contributed by atoms with Gasteiger partial charge < -0.3 is 5.73 Å². The number of hydrogen-bond donors (Lipinski definition) is 2. The highest BCUT2D eigenvalue weighted by atomic mass is 32.2. The van der Waals surface area contributed by atoms with Crippen molar-refractivity contribution in [1.29, 1.82) is 0 Å². The quantitative estimate of drug-likeness (QED) is 0.888. The molecular formula is C15H20N2O2S2. The lowest BCUT2D eigenvalue weighted by Gasteiger charge is -2.16. The number of hydrogen-bond acceptors (Lipinski definition) is 4. The molecule has 1 aromatic heterocycles. The molecule has 1 aromatic carbocycles. The number of nitrogens with one attached hydrogen (secondary N) is 1. The van der Waals surface area contributed by atoms with Crippen molar-refractivity contribution in [2.24, 2.45) is 5.73 Å². The summed E-state index contributed by atoms with van der Waals surface area (Å²) in [7, 11) is -3.54. The molecule has 0 aliphatic rings. The molecule has 114 valence electrons. The van der Waals surface area contributed by atoms with Crippen molar-refractivity contribution in [1.82, 2.24) is 4.72 Å². The highest BCUT2D eigenvalue weighted by Crippen LogP contribution is 2.27. The van der Waals surface area contributed by atoms with Gasteiger partial charge >= 0.3 is 0 Å². The zero-order valence-corrected chi connectivity index (χ0v) is 14.0. The summed E-state index contributed by atoms with van der Waals surface area (Å²) in [5, 5.41) is 0. The summed E-state index contributed by atoms with van der Waals surface area (Å²) in [4.78, 5) is 1.96. The van der Waals surface area contributed by atoms with Crippen molar-refractivity contribution in [2.75, 3.05) is 0 Å². The van der Waals surface area contributed by atoms with Gasteiger partial charge in [0.25, 0.3) is 0 Å². The second-order valence-corrected chi connectivity index (χ2v) is 8.06. The summed E-state index contributed by atoms with van der Waals surface area (Å²) in [6.45, 7) is 5.99. The molecule has 0 bridgehead atoms. The second kappa shape index (κ2) is 6.27. The van der Waals surface area contributed by atoms with Crippen LogP contribution in [0.25, 0.3) is 0 Å². The van der Waals surface area contributed by atoms with E-state index in [9.17, 15) is 8.42 Å². The summed E-state index contributed by atoms with van der Waals surface area (Å²) >= 11 is 1.42. The lowest BCUT2D eigenvalue weighted by atomic mass is 10.0. The number of rotatable bonds is 5.